The Morgan fingerprint density at radius 1 is 1.15 bits per heavy atom. The fraction of sp³-hybridized carbons (Fsp3) is 0.278. The van der Waals surface area contributed by atoms with Crippen molar-refractivity contribution in [1.29, 1.82) is 0 Å². The smallest absolute Gasteiger partial charge is 0.243 e. The number of carbonyl (C=O) groups excluding carboxylic acids is 1. The molecule has 1 aliphatic heterocycles. The van der Waals surface area contributed by atoms with Gasteiger partial charge in [-0.05, 0) is 35.4 Å². The van der Waals surface area contributed by atoms with Gasteiger partial charge >= 0.3 is 0 Å². The summed E-state index contributed by atoms with van der Waals surface area (Å²) in [6.07, 6.45) is 0. The molecule has 0 spiro atoms. The van der Waals surface area contributed by atoms with Gasteiger partial charge in [0.25, 0.3) is 0 Å². The van der Waals surface area contributed by atoms with Crippen LogP contribution in [0.25, 0.3) is 0 Å². The average Bonchev–Trinajstić information content (AvgIpc) is 2.63. The number of sulfonamides is 1. The fourth-order valence-electron chi connectivity index (χ4n) is 2.92. The molecule has 0 aliphatic carbocycles. The molecule has 8 heteroatoms. The number of carbonyl (C=O) groups is 1. The summed E-state index contributed by atoms with van der Waals surface area (Å²) < 4.78 is 32.4. The molecule has 1 heterocycles. The van der Waals surface area contributed by atoms with E-state index in [9.17, 15) is 13.2 Å². The molecule has 138 valence electrons. The van der Waals surface area contributed by atoms with Crippen LogP contribution in [-0.4, -0.2) is 38.8 Å². The number of benzene rings is 2. The summed E-state index contributed by atoms with van der Waals surface area (Å²) in [4.78, 5) is 12.4. The van der Waals surface area contributed by atoms with Crippen LogP contribution < -0.4 is 10.1 Å². The van der Waals surface area contributed by atoms with E-state index in [1.165, 1.54) is 4.31 Å². The first-order chi connectivity index (χ1) is 12.4. The third kappa shape index (κ3) is 4.00. The lowest BCUT2D eigenvalue weighted by atomic mass is 10.0. The molecular weight excluding hydrogens is 376 g/mol. The topological polar surface area (TPSA) is 75.7 Å². The van der Waals surface area contributed by atoms with Gasteiger partial charge in [-0.2, -0.15) is 4.31 Å². The van der Waals surface area contributed by atoms with Crippen molar-refractivity contribution >= 4 is 27.5 Å². The van der Waals surface area contributed by atoms with Crippen molar-refractivity contribution in [3.05, 3.63) is 64.7 Å². The first kappa shape index (κ1) is 18.7. The van der Waals surface area contributed by atoms with Gasteiger partial charge in [0.1, 0.15) is 11.8 Å². The Morgan fingerprint density at radius 3 is 2.42 bits per heavy atom. The van der Waals surface area contributed by atoms with Crippen LogP contribution in [0.4, 0.5) is 0 Å². The summed E-state index contributed by atoms with van der Waals surface area (Å²) >= 11 is 5.86. The van der Waals surface area contributed by atoms with Crippen molar-refractivity contribution in [3.63, 3.8) is 0 Å². The molecule has 1 amide bonds. The molecule has 1 saturated heterocycles. The molecule has 3 rings (SSSR count). The van der Waals surface area contributed by atoms with Gasteiger partial charge in [0, 0.05) is 18.1 Å². The highest BCUT2D eigenvalue weighted by Gasteiger charge is 2.38. The van der Waals surface area contributed by atoms with Crippen molar-refractivity contribution in [1.82, 2.24) is 9.62 Å². The number of hydrogen-bond donors (Lipinski definition) is 1. The third-order valence-electron chi connectivity index (χ3n) is 4.22. The van der Waals surface area contributed by atoms with Crippen LogP contribution in [0.2, 0.25) is 5.02 Å². The zero-order valence-corrected chi connectivity index (χ0v) is 15.8. The van der Waals surface area contributed by atoms with Crippen molar-refractivity contribution in [2.45, 2.75) is 11.8 Å². The number of piperazine rings is 1. The summed E-state index contributed by atoms with van der Waals surface area (Å²) in [5, 5.41) is 3.28. The summed E-state index contributed by atoms with van der Waals surface area (Å²) in [7, 11) is -2.15. The van der Waals surface area contributed by atoms with Gasteiger partial charge < -0.3 is 10.1 Å². The van der Waals surface area contributed by atoms with Crippen molar-refractivity contribution in [2.24, 2.45) is 0 Å². The lowest BCUT2D eigenvalue weighted by Crippen LogP contribution is -2.52. The van der Waals surface area contributed by atoms with E-state index < -0.39 is 16.1 Å². The number of nitrogens with one attached hydrogen (secondary N) is 1. The molecule has 1 aliphatic rings. The Bertz CT molecular complexity index is 882. The Labute approximate surface area is 157 Å². The van der Waals surface area contributed by atoms with E-state index in [-0.39, 0.29) is 24.7 Å². The zero-order valence-electron chi connectivity index (χ0n) is 14.2. The molecule has 1 N–H and O–H groups in total. The molecular formula is C18H19ClN2O4S. The highest BCUT2D eigenvalue weighted by molar-refractivity contribution is 7.88. The number of rotatable bonds is 5. The van der Waals surface area contributed by atoms with Crippen LogP contribution in [0.15, 0.2) is 48.5 Å². The lowest BCUT2D eigenvalue weighted by Gasteiger charge is -2.34. The van der Waals surface area contributed by atoms with Gasteiger partial charge in [-0.3, -0.25) is 4.79 Å². The normalized spacial score (nSPS) is 18.4. The average molecular weight is 395 g/mol. The van der Waals surface area contributed by atoms with E-state index in [0.29, 0.717) is 21.9 Å². The van der Waals surface area contributed by atoms with Gasteiger partial charge in [0.15, 0.2) is 0 Å². The van der Waals surface area contributed by atoms with Crippen molar-refractivity contribution in [2.75, 3.05) is 20.2 Å². The third-order valence-corrected chi connectivity index (χ3v) is 6.28. The summed E-state index contributed by atoms with van der Waals surface area (Å²) in [5.41, 5.74) is 1.22. The second-order valence-corrected chi connectivity index (χ2v) is 8.32. The van der Waals surface area contributed by atoms with Gasteiger partial charge in [0.2, 0.25) is 15.9 Å². The lowest BCUT2D eigenvalue weighted by molar-refractivity contribution is -0.126. The second kappa shape index (κ2) is 7.65. The SMILES string of the molecule is COc1ccc(C2C(=O)NCCN2S(=O)(=O)Cc2ccc(Cl)cc2)cc1. The van der Waals surface area contributed by atoms with E-state index >= 15 is 0 Å². The predicted molar refractivity (Wildman–Crippen MR) is 99.5 cm³/mol. The van der Waals surface area contributed by atoms with E-state index in [4.69, 9.17) is 16.3 Å². The second-order valence-electron chi connectivity index (χ2n) is 5.96. The number of nitrogens with zero attached hydrogens (tertiary/aromatic N) is 1. The number of amides is 1. The van der Waals surface area contributed by atoms with Gasteiger partial charge in [-0.15, -0.1) is 0 Å². The van der Waals surface area contributed by atoms with Gasteiger partial charge in [0.05, 0.1) is 12.9 Å². The Hall–Kier alpha value is -2.09. The molecule has 0 bridgehead atoms. The maximum Gasteiger partial charge on any atom is 0.243 e. The Morgan fingerprint density at radius 2 is 1.81 bits per heavy atom. The molecule has 0 saturated carbocycles. The van der Waals surface area contributed by atoms with Crippen LogP contribution in [0.3, 0.4) is 0 Å². The van der Waals surface area contributed by atoms with Gasteiger partial charge in [-0.25, -0.2) is 8.42 Å². The summed E-state index contributed by atoms with van der Waals surface area (Å²) in [6.45, 7) is 0.504. The quantitative estimate of drug-likeness (QED) is 0.844. The number of halogens is 1. The fourth-order valence-corrected chi connectivity index (χ4v) is 4.74. The molecule has 6 nitrogen and oxygen atoms in total. The standard InChI is InChI=1S/C18H19ClN2O4S/c1-25-16-8-4-14(5-9-16)17-18(22)20-10-11-21(17)26(23,24)12-13-2-6-15(19)7-3-13/h2-9,17H,10-12H2,1H3,(H,20,22). The van der Waals surface area contributed by atoms with E-state index in [1.54, 1.807) is 55.6 Å². The van der Waals surface area contributed by atoms with Crippen LogP contribution in [-0.2, 0) is 20.6 Å². The zero-order chi connectivity index (χ0) is 18.7. The van der Waals surface area contributed by atoms with E-state index in [0.717, 1.165) is 0 Å². The first-order valence-corrected chi connectivity index (χ1v) is 10.0. The number of hydrogen-bond acceptors (Lipinski definition) is 4. The van der Waals surface area contributed by atoms with Crippen LogP contribution >= 0.6 is 11.6 Å². The maximum atomic E-state index is 13.0. The minimum atomic E-state index is -3.70. The monoisotopic (exact) mass is 394 g/mol. The molecule has 2 aromatic rings. The predicted octanol–water partition coefficient (Wildman–Crippen LogP) is 2.35. The summed E-state index contributed by atoms with van der Waals surface area (Å²) in [5.74, 6) is 0.117. The molecule has 0 aromatic heterocycles. The highest BCUT2D eigenvalue weighted by atomic mass is 35.5. The molecule has 1 fully saturated rings. The van der Waals surface area contributed by atoms with Crippen LogP contribution in [0.5, 0.6) is 5.75 Å². The molecule has 0 radical (unpaired) electrons. The minimum Gasteiger partial charge on any atom is -0.497 e. The van der Waals surface area contributed by atoms with Gasteiger partial charge in [-0.1, -0.05) is 35.9 Å². The Kier molecular flexibility index (Phi) is 5.50. The van der Waals surface area contributed by atoms with Crippen LogP contribution in [0, 0.1) is 0 Å². The van der Waals surface area contributed by atoms with E-state index in [1.807, 2.05) is 0 Å². The molecule has 26 heavy (non-hydrogen) atoms. The summed E-state index contributed by atoms with van der Waals surface area (Å²) in [6, 6.07) is 12.6. The molecule has 1 unspecified atom stereocenters. The number of methoxy groups -OCH3 is 1. The highest BCUT2D eigenvalue weighted by Crippen LogP contribution is 2.29. The number of ether oxygens (including phenoxy) is 1. The molecule has 2 aromatic carbocycles. The van der Waals surface area contributed by atoms with Crippen molar-refractivity contribution < 1.29 is 17.9 Å². The first-order valence-electron chi connectivity index (χ1n) is 8.06. The van der Waals surface area contributed by atoms with Crippen molar-refractivity contribution in [3.8, 4) is 5.75 Å². The van der Waals surface area contributed by atoms with E-state index in [2.05, 4.69) is 5.32 Å². The maximum absolute atomic E-state index is 13.0. The largest absolute Gasteiger partial charge is 0.497 e. The van der Waals surface area contributed by atoms with Crippen LogP contribution in [0.1, 0.15) is 17.2 Å². The minimum absolute atomic E-state index is 0.190. The Balaban J connectivity index is 1.91. The molecule has 1 atom stereocenters.